The van der Waals surface area contributed by atoms with Gasteiger partial charge in [0.1, 0.15) is 5.75 Å². The average Bonchev–Trinajstić information content (AvgIpc) is 2.72. The van der Waals surface area contributed by atoms with E-state index in [0.717, 1.165) is 57.1 Å². The molecule has 30 heavy (non-hydrogen) atoms. The van der Waals surface area contributed by atoms with Crippen molar-refractivity contribution in [3.63, 3.8) is 0 Å². The molecule has 1 aliphatic heterocycles. The molecular formula is C22H37N5O3. The second-order valence-electron chi connectivity index (χ2n) is 7.75. The first-order chi connectivity index (χ1) is 14.4. The number of benzene rings is 1. The SMILES string of the molecule is CCNC(=NCC(O)c1cccc(OC(C)C)c1)NCCN1CCN(C(C)=O)CC1. The summed E-state index contributed by atoms with van der Waals surface area (Å²) in [5.41, 5.74) is 0.788. The number of guanidine groups is 1. The Morgan fingerprint density at radius 1 is 1.23 bits per heavy atom. The van der Waals surface area contributed by atoms with Gasteiger partial charge < -0.3 is 25.4 Å². The van der Waals surface area contributed by atoms with E-state index in [9.17, 15) is 9.90 Å². The largest absolute Gasteiger partial charge is 0.491 e. The fraction of sp³-hybridized carbons (Fsp3) is 0.636. The molecule has 3 N–H and O–H groups in total. The molecule has 1 aromatic rings. The summed E-state index contributed by atoms with van der Waals surface area (Å²) in [6.45, 7) is 13.6. The third kappa shape index (κ3) is 8.20. The third-order valence-electron chi connectivity index (χ3n) is 4.92. The summed E-state index contributed by atoms with van der Waals surface area (Å²) in [5.74, 6) is 1.59. The normalized spacial score (nSPS) is 16.5. The number of amides is 1. The van der Waals surface area contributed by atoms with Crippen molar-refractivity contribution in [1.82, 2.24) is 20.4 Å². The molecule has 1 amide bonds. The van der Waals surface area contributed by atoms with Crippen molar-refractivity contribution in [2.75, 3.05) is 52.4 Å². The Balaban J connectivity index is 1.81. The zero-order valence-electron chi connectivity index (χ0n) is 18.7. The second kappa shape index (κ2) is 12.4. The molecule has 1 aliphatic rings. The Morgan fingerprint density at radius 3 is 2.60 bits per heavy atom. The van der Waals surface area contributed by atoms with Crippen LogP contribution in [0.15, 0.2) is 29.3 Å². The molecule has 8 heteroatoms. The van der Waals surface area contributed by atoms with Gasteiger partial charge in [-0.05, 0) is 38.5 Å². The molecule has 0 saturated carbocycles. The maximum absolute atomic E-state index is 11.4. The molecule has 1 heterocycles. The first-order valence-corrected chi connectivity index (χ1v) is 10.8. The molecule has 1 fully saturated rings. The van der Waals surface area contributed by atoms with Crippen molar-refractivity contribution in [3.05, 3.63) is 29.8 Å². The molecule has 1 atom stereocenters. The van der Waals surface area contributed by atoms with E-state index >= 15 is 0 Å². The summed E-state index contributed by atoms with van der Waals surface area (Å²) in [7, 11) is 0. The van der Waals surface area contributed by atoms with Crippen LogP contribution < -0.4 is 15.4 Å². The molecule has 1 aromatic carbocycles. The number of piperazine rings is 1. The van der Waals surface area contributed by atoms with Crippen molar-refractivity contribution >= 4 is 11.9 Å². The number of hydrogen-bond donors (Lipinski definition) is 3. The molecule has 1 saturated heterocycles. The van der Waals surface area contributed by atoms with E-state index in [0.29, 0.717) is 5.96 Å². The van der Waals surface area contributed by atoms with E-state index in [1.807, 2.05) is 49.9 Å². The van der Waals surface area contributed by atoms with Crippen LogP contribution in [-0.2, 0) is 4.79 Å². The zero-order chi connectivity index (χ0) is 21.9. The third-order valence-corrected chi connectivity index (χ3v) is 4.92. The van der Waals surface area contributed by atoms with Gasteiger partial charge in [0.15, 0.2) is 5.96 Å². The monoisotopic (exact) mass is 419 g/mol. The summed E-state index contributed by atoms with van der Waals surface area (Å²) in [6, 6.07) is 7.52. The number of ether oxygens (including phenoxy) is 1. The minimum Gasteiger partial charge on any atom is -0.491 e. The molecule has 1 unspecified atom stereocenters. The molecule has 0 radical (unpaired) electrons. The Kier molecular flexibility index (Phi) is 9.89. The van der Waals surface area contributed by atoms with Gasteiger partial charge in [0.05, 0.1) is 18.8 Å². The fourth-order valence-corrected chi connectivity index (χ4v) is 3.31. The standard InChI is InChI=1S/C22H37N5O3/c1-5-23-22(24-9-10-26-11-13-27(14-12-26)18(4)28)25-16-21(29)19-7-6-8-20(15-19)30-17(2)3/h6-8,15,17,21,29H,5,9-14,16H2,1-4H3,(H2,23,24,25). The van der Waals surface area contributed by atoms with Gasteiger partial charge in [-0.3, -0.25) is 14.7 Å². The van der Waals surface area contributed by atoms with Crippen LogP contribution in [0.3, 0.4) is 0 Å². The number of carbonyl (C=O) groups is 1. The first-order valence-electron chi connectivity index (χ1n) is 10.8. The van der Waals surface area contributed by atoms with Gasteiger partial charge in [0.2, 0.25) is 5.91 Å². The topological polar surface area (TPSA) is 89.4 Å². The minimum absolute atomic E-state index is 0.0883. The predicted molar refractivity (Wildman–Crippen MR) is 120 cm³/mol. The molecule has 2 rings (SSSR count). The van der Waals surface area contributed by atoms with Gasteiger partial charge in [-0.2, -0.15) is 0 Å². The predicted octanol–water partition coefficient (Wildman–Crippen LogP) is 1.23. The van der Waals surface area contributed by atoms with Gasteiger partial charge >= 0.3 is 0 Å². The number of hydrogen-bond acceptors (Lipinski definition) is 5. The number of aliphatic hydroxyl groups excluding tert-OH is 1. The highest BCUT2D eigenvalue weighted by atomic mass is 16.5. The molecule has 168 valence electrons. The summed E-state index contributed by atoms with van der Waals surface area (Å²) in [4.78, 5) is 20.2. The molecular weight excluding hydrogens is 382 g/mol. The number of carbonyl (C=O) groups excluding carboxylic acids is 1. The zero-order valence-corrected chi connectivity index (χ0v) is 18.7. The number of rotatable bonds is 9. The Labute approximate surface area is 180 Å². The van der Waals surface area contributed by atoms with Crippen LogP contribution in [0.5, 0.6) is 5.75 Å². The molecule has 0 bridgehead atoms. The van der Waals surface area contributed by atoms with Crippen molar-refractivity contribution in [3.8, 4) is 5.75 Å². The van der Waals surface area contributed by atoms with E-state index in [4.69, 9.17) is 4.74 Å². The van der Waals surface area contributed by atoms with Gasteiger partial charge in [0, 0.05) is 52.7 Å². The van der Waals surface area contributed by atoms with Crippen molar-refractivity contribution in [1.29, 1.82) is 0 Å². The highest BCUT2D eigenvalue weighted by Gasteiger charge is 2.18. The number of aliphatic imine (C=N–C) groups is 1. The minimum atomic E-state index is -0.698. The van der Waals surface area contributed by atoms with Crippen LogP contribution in [0.2, 0.25) is 0 Å². The second-order valence-corrected chi connectivity index (χ2v) is 7.75. The number of aliphatic hydroxyl groups is 1. The molecule has 0 aromatic heterocycles. The maximum Gasteiger partial charge on any atom is 0.219 e. The Morgan fingerprint density at radius 2 is 1.97 bits per heavy atom. The lowest BCUT2D eigenvalue weighted by Crippen LogP contribution is -2.50. The van der Waals surface area contributed by atoms with Gasteiger partial charge in [-0.1, -0.05) is 12.1 Å². The maximum atomic E-state index is 11.4. The number of nitrogens with zero attached hydrogens (tertiary/aromatic N) is 3. The fourth-order valence-electron chi connectivity index (χ4n) is 3.31. The number of nitrogens with one attached hydrogen (secondary N) is 2. The Hall–Kier alpha value is -2.32. The highest BCUT2D eigenvalue weighted by molar-refractivity contribution is 5.79. The van der Waals surface area contributed by atoms with E-state index in [1.54, 1.807) is 6.92 Å². The summed E-state index contributed by atoms with van der Waals surface area (Å²) in [6.07, 6.45) is -0.610. The van der Waals surface area contributed by atoms with Crippen LogP contribution in [0, 0.1) is 0 Å². The molecule has 8 nitrogen and oxygen atoms in total. The van der Waals surface area contributed by atoms with Crippen molar-refractivity contribution in [2.24, 2.45) is 4.99 Å². The molecule has 0 aliphatic carbocycles. The summed E-state index contributed by atoms with van der Waals surface area (Å²) in [5, 5.41) is 17.1. The van der Waals surface area contributed by atoms with Crippen LogP contribution in [0.25, 0.3) is 0 Å². The highest BCUT2D eigenvalue weighted by Crippen LogP contribution is 2.20. The van der Waals surface area contributed by atoms with E-state index < -0.39 is 6.10 Å². The van der Waals surface area contributed by atoms with Crippen LogP contribution in [-0.4, -0.2) is 85.2 Å². The lowest BCUT2D eigenvalue weighted by atomic mass is 10.1. The van der Waals surface area contributed by atoms with Gasteiger partial charge in [0.25, 0.3) is 0 Å². The van der Waals surface area contributed by atoms with Crippen molar-refractivity contribution < 1.29 is 14.6 Å². The van der Waals surface area contributed by atoms with Crippen LogP contribution in [0.4, 0.5) is 0 Å². The summed E-state index contributed by atoms with van der Waals surface area (Å²) >= 11 is 0. The van der Waals surface area contributed by atoms with Crippen molar-refractivity contribution in [2.45, 2.75) is 39.9 Å². The Bertz CT molecular complexity index is 687. The lowest BCUT2D eigenvalue weighted by molar-refractivity contribution is -0.130. The summed E-state index contributed by atoms with van der Waals surface area (Å²) < 4.78 is 5.70. The van der Waals surface area contributed by atoms with Crippen LogP contribution >= 0.6 is 0 Å². The smallest absolute Gasteiger partial charge is 0.219 e. The average molecular weight is 420 g/mol. The van der Waals surface area contributed by atoms with Crippen LogP contribution in [0.1, 0.15) is 39.4 Å². The van der Waals surface area contributed by atoms with E-state index in [2.05, 4.69) is 20.5 Å². The van der Waals surface area contributed by atoms with Gasteiger partial charge in [-0.25, -0.2) is 0 Å². The van der Waals surface area contributed by atoms with E-state index in [-0.39, 0.29) is 18.6 Å². The quantitative estimate of drug-likeness (QED) is 0.412. The van der Waals surface area contributed by atoms with E-state index in [1.165, 1.54) is 0 Å². The molecule has 0 spiro atoms. The van der Waals surface area contributed by atoms with Gasteiger partial charge in [-0.15, -0.1) is 0 Å². The lowest BCUT2D eigenvalue weighted by Gasteiger charge is -2.34. The first kappa shape index (κ1) is 24.0.